The molecule has 1 N–H and O–H groups in total. The Hall–Kier alpha value is -2.63. The van der Waals surface area contributed by atoms with Crippen LogP contribution in [0, 0.1) is 0 Å². The van der Waals surface area contributed by atoms with Gasteiger partial charge in [-0.25, -0.2) is 4.98 Å². The molecule has 2 heterocycles. The molecular weight excluding hydrogens is 318 g/mol. The van der Waals surface area contributed by atoms with Crippen molar-refractivity contribution >= 4 is 5.91 Å². The highest BCUT2D eigenvalue weighted by Crippen LogP contribution is 2.27. The maximum Gasteiger partial charge on any atom is 0.258 e. The van der Waals surface area contributed by atoms with E-state index in [1.54, 1.807) is 12.4 Å². The Morgan fingerprint density at radius 2 is 2.04 bits per heavy atom. The molecule has 1 aliphatic carbocycles. The number of hydrogen-bond acceptors (Lipinski definition) is 5. The Balaban J connectivity index is 1.54. The molecule has 25 heavy (non-hydrogen) atoms. The minimum absolute atomic E-state index is 0.0132. The van der Waals surface area contributed by atoms with E-state index in [0.717, 1.165) is 48.3 Å². The van der Waals surface area contributed by atoms with Crippen LogP contribution in [0.5, 0.6) is 11.6 Å². The first kappa shape index (κ1) is 17.2. The zero-order valence-electron chi connectivity index (χ0n) is 14.5. The molecule has 0 saturated heterocycles. The molecule has 0 atom stereocenters. The largest absolute Gasteiger partial charge is 0.483 e. The number of nitrogens with zero attached hydrogens (tertiary/aromatic N) is 2. The highest BCUT2D eigenvalue weighted by Gasteiger charge is 2.16. The molecule has 0 fully saturated rings. The molecule has 2 aromatic rings. The van der Waals surface area contributed by atoms with Gasteiger partial charge >= 0.3 is 0 Å². The molecule has 0 unspecified atom stereocenters. The second-order valence-corrected chi connectivity index (χ2v) is 5.91. The van der Waals surface area contributed by atoms with Crippen LogP contribution in [-0.2, 0) is 24.2 Å². The number of fused-ring (bicyclic) bond motifs is 1. The third kappa shape index (κ3) is 4.47. The van der Waals surface area contributed by atoms with Crippen molar-refractivity contribution in [3.63, 3.8) is 0 Å². The van der Waals surface area contributed by atoms with Crippen molar-refractivity contribution in [2.45, 2.75) is 39.2 Å². The molecule has 0 aromatic carbocycles. The van der Waals surface area contributed by atoms with E-state index in [4.69, 9.17) is 9.47 Å². The Kier molecular flexibility index (Phi) is 5.82. The van der Waals surface area contributed by atoms with E-state index < -0.39 is 0 Å². The van der Waals surface area contributed by atoms with Gasteiger partial charge in [0.05, 0.1) is 6.61 Å². The van der Waals surface area contributed by atoms with Crippen LogP contribution in [-0.4, -0.2) is 29.1 Å². The normalized spacial score (nSPS) is 13.0. The van der Waals surface area contributed by atoms with Gasteiger partial charge in [0.2, 0.25) is 5.88 Å². The number of carbonyl (C=O) groups excluding carboxylic acids is 1. The molecule has 1 amide bonds. The highest BCUT2D eigenvalue weighted by molar-refractivity contribution is 5.77. The summed E-state index contributed by atoms with van der Waals surface area (Å²) in [6.45, 7) is 2.79. The van der Waals surface area contributed by atoms with Gasteiger partial charge in [0.1, 0.15) is 5.75 Å². The third-order valence-corrected chi connectivity index (χ3v) is 4.16. The monoisotopic (exact) mass is 341 g/mol. The van der Waals surface area contributed by atoms with Crippen molar-refractivity contribution < 1.29 is 14.3 Å². The molecule has 0 radical (unpaired) electrons. The number of ether oxygens (including phenoxy) is 2. The highest BCUT2D eigenvalue weighted by atomic mass is 16.5. The summed E-state index contributed by atoms with van der Waals surface area (Å²) in [7, 11) is 0. The molecular formula is C19H23N3O3. The maximum absolute atomic E-state index is 12.1. The smallest absolute Gasteiger partial charge is 0.258 e. The Morgan fingerprint density at radius 3 is 2.92 bits per heavy atom. The van der Waals surface area contributed by atoms with Gasteiger partial charge in [0.15, 0.2) is 6.61 Å². The van der Waals surface area contributed by atoms with E-state index in [-0.39, 0.29) is 12.5 Å². The molecule has 132 valence electrons. The minimum atomic E-state index is -0.173. The molecule has 3 rings (SSSR count). The van der Waals surface area contributed by atoms with E-state index >= 15 is 0 Å². The van der Waals surface area contributed by atoms with Crippen molar-refractivity contribution in [2.75, 3.05) is 13.2 Å². The number of aryl methyl sites for hydroxylation is 1. The molecule has 1 aliphatic rings. The summed E-state index contributed by atoms with van der Waals surface area (Å²) in [4.78, 5) is 20.7. The van der Waals surface area contributed by atoms with Gasteiger partial charge in [-0.1, -0.05) is 6.07 Å². The van der Waals surface area contributed by atoms with E-state index in [1.165, 1.54) is 0 Å². The van der Waals surface area contributed by atoms with Crippen LogP contribution in [0.25, 0.3) is 0 Å². The molecule has 0 aliphatic heterocycles. The Labute approximate surface area is 147 Å². The lowest BCUT2D eigenvalue weighted by molar-refractivity contribution is -0.123. The summed E-state index contributed by atoms with van der Waals surface area (Å²) in [5, 5.41) is 2.85. The van der Waals surface area contributed by atoms with Crippen molar-refractivity contribution in [1.29, 1.82) is 0 Å². The van der Waals surface area contributed by atoms with Gasteiger partial charge in [0.25, 0.3) is 5.91 Å². The quantitative estimate of drug-likeness (QED) is 0.837. The fourth-order valence-corrected chi connectivity index (χ4v) is 2.94. The first-order valence-electron chi connectivity index (χ1n) is 8.71. The zero-order valence-corrected chi connectivity index (χ0v) is 14.5. The molecule has 6 heteroatoms. The minimum Gasteiger partial charge on any atom is -0.483 e. The molecule has 0 spiro atoms. The molecule has 2 aromatic heterocycles. The lowest BCUT2D eigenvalue weighted by atomic mass is 9.95. The van der Waals surface area contributed by atoms with E-state index in [2.05, 4.69) is 15.3 Å². The van der Waals surface area contributed by atoms with Crippen LogP contribution in [0.4, 0.5) is 0 Å². The summed E-state index contributed by atoms with van der Waals surface area (Å²) >= 11 is 0. The SMILES string of the molecule is CCOc1ncccc1CNC(=O)COc1ccnc2c1CCCC2. The number of carbonyl (C=O) groups is 1. The first-order chi connectivity index (χ1) is 12.3. The van der Waals surface area contributed by atoms with E-state index in [1.807, 2.05) is 25.1 Å². The van der Waals surface area contributed by atoms with Crippen LogP contribution >= 0.6 is 0 Å². The van der Waals surface area contributed by atoms with Gasteiger partial charge in [-0.05, 0) is 44.7 Å². The summed E-state index contributed by atoms with van der Waals surface area (Å²) < 4.78 is 11.2. The van der Waals surface area contributed by atoms with E-state index in [9.17, 15) is 4.79 Å². The zero-order chi connectivity index (χ0) is 17.5. The van der Waals surface area contributed by atoms with Crippen molar-refractivity contribution in [3.05, 3.63) is 47.4 Å². The topological polar surface area (TPSA) is 73.3 Å². The van der Waals surface area contributed by atoms with Crippen LogP contribution in [0.1, 0.15) is 36.6 Å². The summed E-state index contributed by atoms with van der Waals surface area (Å²) in [5.74, 6) is 1.15. The lowest BCUT2D eigenvalue weighted by Crippen LogP contribution is -2.29. The third-order valence-electron chi connectivity index (χ3n) is 4.16. The number of rotatable bonds is 7. The fourth-order valence-electron chi connectivity index (χ4n) is 2.94. The lowest BCUT2D eigenvalue weighted by Gasteiger charge is -2.18. The van der Waals surface area contributed by atoms with Gasteiger partial charge in [0, 0.05) is 35.8 Å². The van der Waals surface area contributed by atoms with Crippen LogP contribution in [0.3, 0.4) is 0 Å². The van der Waals surface area contributed by atoms with Crippen LogP contribution < -0.4 is 14.8 Å². The fraction of sp³-hybridized carbons (Fsp3) is 0.421. The summed E-state index contributed by atoms with van der Waals surface area (Å²) in [6, 6.07) is 5.55. The van der Waals surface area contributed by atoms with Gasteiger partial charge < -0.3 is 14.8 Å². The number of aromatic nitrogens is 2. The predicted octanol–water partition coefficient (Wildman–Crippen LogP) is 2.45. The Bertz CT molecular complexity index is 734. The van der Waals surface area contributed by atoms with Gasteiger partial charge in [-0.3, -0.25) is 9.78 Å². The summed E-state index contributed by atoms with van der Waals surface area (Å²) in [6.07, 6.45) is 7.68. The second-order valence-electron chi connectivity index (χ2n) is 5.91. The van der Waals surface area contributed by atoms with Crippen LogP contribution in [0.2, 0.25) is 0 Å². The number of amides is 1. The maximum atomic E-state index is 12.1. The number of nitrogens with one attached hydrogen (secondary N) is 1. The molecule has 0 bridgehead atoms. The van der Waals surface area contributed by atoms with Gasteiger partial charge in [-0.2, -0.15) is 0 Å². The first-order valence-corrected chi connectivity index (χ1v) is 8.71. The van der Waals surface area contributed by atoms with Crippen molar-refractivity contribution in [2.24, 2.45) is 0 Å². The average molecular weight is 341 g/mol. The number of hydrogen-bond donors (Lipinski definition) is 1. The average Bonchev–Trinajstić information content (AvgIpc) is 2.66. The predicted molar refractivity (Wildman–Crippen MR) is 93.6 cm³/mol. The van der Waals surface area contributed by atoms with Crippen LogP contribution in [0.15, 0.2) is 30.6 Å². The van der Waals surface area contributed by atoms with Crippen molar-refractivity contribution in [1.82, 2.24) is 15.3 Å². The van der Waals surface area contributed by atoms with Gasteiger partial charge in [-0.15, -0.1) is 0 Å². The van der Waals surface area contributed by atoms with E-state index in [0.29, 0.717) is 19.0 Å². The second kappa shape index (κ2) is 8.46. The Morgan fingerprint density at radius 1 is 1.16 bits per heavy atom. The molecule has 6 nitrogen and oxygen atoms in total. The standard InChI is InChI=1S/C19H23N3O3/c1-2-24-19-14(6-5-10-21-19)12-22-18(23)13-25-17-9-11-20-16-8-4-3-7-15(16)17/h5-6,9-11H,2-4,7-8,12-13H2,1H3,(H,22,23). The number of pyridine rings is 2. The summed E-state index contributed by atoms with van der Waals surface area (Å²) in [5.41, 5.74) is 3.09. The molecule has 0 saturated carbocycles. The van der Waals surface area contributed by atoms with Crippen molar-refractivity contribution in [3.8, 4) is 11.6 Å².